The zero-order valence-corrected chi connectivity index (χ0v) is 16.1. The molecule has 0 aromatic rings. The van der Waals surface area contributed by atoms with E-state index in [9.17, 15) is 14.4 Å². The summed E-state index contributed by atoms with van der Waals surface area (Å²) in [6.45, 7) is 7.50. The van der Waals surface area contributed by atoms with E-state index in [1.807, 2.05) is 18.2 Å². The molecule has 0 saturated carbocycles. The fourth-order valence-electron chi connectivity index (χ4n) is 2.57. The van der Waals surface area contributed by atoms with E-state index in [0.29, 0.717) is 0 Å². The van der Waals surface area contributed by atoms with Gasteiger partial charge in [0, 0.05) is 20.8 Å². The average molecular weight is 384 g/mol. The second-order valence-corrected chi connectivity index (χ2v) is 6.02. The van der Waals surface area contributed by atoms with E-state index in [1.165, 1.54) is 20.8 Å². The zero-order chi connectivity index (χ0) is 20.2. The van der Waals surface area contributed by atoms with E-state index in [0.717, 1.165) is 19.3 Å². The minimum Gasteiger partial charge on any atom is -0.456 e. The van der Waals surface area contributed by atoms with E-state index < -0.39 is 42.5 Å². The Kier molecular flexibility index (Phi) is 10.4. The molecule has 0 spiro atoms. The number of esters is 3. The lowest BCUT2D eigenvalue weighted by Crippen LogP contribution is -2.58. The van der Waals surface area contributed by atoms with Gasteiger partial charge in [0.25, 0.3) is 0 Å². The van der Waals surface area contributed by atoms with Crippen LogP contribution >= 0.6 is 0 Å². The van der Waals surface area contributed by atoms with Gasteiger partial charge in [-0.25, -0.2) is 0 Å². The zero-order valence-electron chi connectivity index (χ0n) is 16.1. The van der Waals surface area contributed by atoms with Crippen molar-refractivity contribution in [3.63, 3.8) is 0 Å². The third-order valence-electron chi connectivity index (χ3n) is 3.61. The van der Waals surface area contributed by atoms with Crippen molar-refractivity contribution < 1.29 is 38.1 Å². The molecule has 0 aliphatic carbocycles. The maximum absolute atomic E-state index is 11.5. The fraction of sp³-hybridized carbons (Fsp3) is 0.632. The molecule has 8 heteroatoms. The van der Waals surface area contributed by atoms with Crippen LogP contribution in [-0.4, -0.2) is 55.7 Å². The first-order valence-electron chi connectivity index (χ1n) is 8.86. The number of allylic oxidation sites excluding steroid dienone is 2. The van der Waals surface area contributed by atoms with Crippen LogP contribution in [-0.2, 0) is 38.1 Å². The van der Waals surface area contributed by atoms with Crippen LogP contribution in [0.5, 0.6) is 0 Å². The van der Waals surface area contributed by atoms with Gasteiger partial charge >= 0.3 is 17.9 Å². The minimum atomic E-state index is -1.06. The van der Waals surface area contributed by atoms with Crippen LogP contribution in [0.15, 0.2) is 24.8 Å². The minimum absolute atomic E-state index is 0.0526. The second-order valence-electron chi connectivity index (χ2n) is 6.02. The lowest BCUT2D eigenvalue weighted by molar-refractivity contribution is -0.278. The van der Waals surface area contributed by atoms with Crippen LogP contribution in [0.3, 0.4) is 0 Å². The normalized spacial score (nSPS) is 25.0. The SMILES string of the molecule is C=CCCC/C=C\CO[C@H]1OC[C@@H](OC(C)=O)[C@H](OC(C)=O)[C@H]1OC(C)=O. The number of hydrogen-bond donors (Lipinski definition) is 0. The van der Waals surface area contributed by atoms with Crippen LogP contribution in [0.1, 0.15) is 40.0 Å². The van der Waals surface area contributed by atoms with Gasteiger partial charge in [-0.3, -0.25) is 14.4 Å². The van der Waals surface area contributed by atoms with E-state index in [4.69, 9.17) is 23.7 Å². The molecule has 0 aromatic carbocycles. The Hall–Kier alpha value is -2.19. The van der Waals surface area contributed by atoms with Crippen molar-refractivity contribution in [3.8, 4) is 0 Å². The third kappa shape index (κ3) is 8.83. The first-order chi connectivity index (χ1) is 12.8. The highest BCUT2D eigenvalue weighted by molar-refractivity contribution is 5.68. The standard InChI is InChI=1S/C19H28O8/c1-5-6-7-8-9-10-11-23-19-18(27-15(4)22)17(26-14(3)21)16(12-24-19)25-13(2)20/h5,9-10,16-19H,1,6-8,11-12H2,2-4H3/b10-9-/t16-,17+,18-,19+/m1/s1. The van der Waals surface area contributed by atoms with Gasteiger partial charge in [0.2, 0.25) is 0 Å². The number of carbonyl (C=O) groups is 3. The summed E-state index contributed by atoms with van der Waals surface area (Å²) in [6.07, 6.45) is 4.55. The van der Waals surface area contributed by atoms with E-state index in [1.54, 1.807) is 0 Å². The van der Waals surface area contributed by atoms with Crippen molar-refractivity contribution in [3.05, 3.63) is 24.8 Å². The van der Waals surface area contributed by atoms with Gasteiger partial charge in [0.05, 0.1) is 13.2 Å². The molecule has 1 aliphatic heterocycles. The van der Waals surface area contributed by atoms with E-state index in [2.05, 4.69) is 6.58 Å². The van der Waals surface area contributed by atoms with Gasteiger partial charge in [0.1, 0.15) is 0 Å². The molecule has 0 unspecified atom stereocenters. The average Bonchev–Trinajstić information content (AvgIpc) is 2.57. The Morgan fingerprint density at radius 3 is 2.19 bits per heavy atom. The van der Waals surface area contributed by atoms with Gasteiger partial charge in [-0.15, -0.1) is 6.58 Å². The van der Waals surface area contributed by atoms with Gasteiger partial charge in [-0.2, -0.15) is 0 Å². The van der Waals surface area contributed by atoms with Crippen LogP contribution in [0.2, 0.25) is 0 Å². The molecular formula is C19H28O8. The van der Waals surface area contributed by atoms with Crippen LogP contribution in [0.4, 0.5) is 0 Å². The predicted octanol–water partition coefficient (Wildman–Crippen LogP) is 2.07. The largest absolute Gasteiger partial charge is 0.456 e. The Labute approximate surface area is 159 Å². The summed E-state index contributed by atoms with van der Waals surface area (Å²) in [5, 5.41) is 0. The molecule has 0 amide bonds. The maximum atomic E-state index is 11.5. The third-order valence-corrected chi connectivity index (χ3v) is 3.61. The summed E-state index contributed by atoms with van der Waals surface area (Å²) in [7, 11) is 0. The van der Waals surface area contributed by atoms with Crippen LogP contribution < -0.4 is 0 Å². The Morgan fingerprint density at radius 2 is 1.59 bits per heavy atom. The molecule has 1 heterocycles. The van der Waals surface area contributed by atoms with Crippen molar-refractivity contribution >= 4 is 17.9 Å². The summed E-state index contributed by atoms with van der Waals surface area (Å²) in [5.74, 6) is -1.76. The Balaban J connectivity index is 2.77. The molecule has 27 heavy (non-hydrogen) atoms. The fourth-order valence-corrected chi connectivity index (χ4v) is 2.57. The molecule has 0 aromatic heterocycles. The van der Waals surface area contributed by atoms with Crippen molar-refractivity contribution in [2.45, 2.75) is 64.6 Å². The number of hydrogen-bond acceptors (Lipinski definition) is 8. The van der Waals surface area contributed by atoms with Crippen molar-refractivity contribution in [2.75, 3.05) is 13.2 Å². The summed E-state index contributed by atoms with van der Waals surface area (Å²) >= 11 is 0. The monoisotopic (exact) mass is 384 g/mol. The molecule has 0 bridgehead atoms. The Bertz CT molecular complexity index is 542. The van der Waals surface area contributed by atoms with E-state index in [-0.39, 0.29) is 13.2 Å². The van der Waals surface area contributed by atoms with Gasteiger partial charge in [-0.05, 0) is 19.3 Å². The smallest absolute Gasteiger partial charge is 0.303 e. The Morgan fingerprint density at radius 1 is 0.963 bits per heavy atom. The summed E-state index contributed by atoms with van der Waals surface area (Å²) in [5.41, 5.74) is 0. The van der Waals surface area contributed by atoms with Gasteiger partial charge in [0.15, 0.2) is 24.6 Å². The van der Waals surface area contributed by atoms with Gasteiger partial charge < -0.3 is 23.7 Å². The lowest BCUT2D eigenvalue weighted by atomic mass is 10.0. The summed E-state index contributed by atoms with van der Waals surface area (Å²) in [4.78, 5) is 34.3. The van der Waals surface area contributed by atoms with Gasteiger partial charge in [-0.1, -0.05) is 18.2 Å². The molecular weight excluding hydrogens is 356 g/mol. The van der Waals surface area contributed by atoms with Crippen LogP contribution in [0, 0.1) is 0 Å². The quantitative estimate of drug-likeness (QED) is 0.244. The van der Waals surface area contributed by atoms with Crippen molar-refractivity contribution in [1.82, 2.24) is 0 Å². The molecule has 0 N–H and O–H groups in total. The van der Waals surface area contributed by atoms with Crippen molar-refractivity contribution in [1.29, 1.82) is 0 Å². The molecule has 1 fully saturated rings. The highest BCUT2D eigenvalue weighted by Crippen LogP contribution is 2.25. The molecule has 8 nitrogen and oxygen atoms in total. The second kappa shape index (κ2) is 12.2. The predicted molar refractivity (Wildman–Crippen MR) is 95.5 cm³/mol. The lowest BCUT2D eigenvalue weighted by Gasteiger charge is -2.40. The number of carbonyl (C=O) groups excluding carboxylic acids is 3. The van der Waals surface area contributed by atoms with E-state index >= 15 is 0 Å². The number of unbranched alkanes of at least 4 members (excludes halogenated alkanes) is 2. The van der Waals surface area contributed by atoms with Crippen LogP contribution in [0.25, 0.3) is 0 Å². The topological polar surface area (TPSA) is 97.4 Å². The number of ether oxygens (including phenoxy) is 5. The maximum Gasteiger partial charge on any atom is 0.303 e. The molecule has 1 rings (SSSR count). The molecule has 1 aliphatic rings. The molecule has 0 radical (unpaired) electrons. The van der Waals surface area contributed by atoms with Crippen molar-refractivity contribution in [2.24, 2.45) is 0 Å². The first kappa shape index (κ1) is 22.9. The summed E-state index contributed by atoms with van der Waals surface area (Å²) < 4.78 is 26.8. The molecule has 1 saturated heterocycles. The molecule has 152 valence electrons. The molecule has 4 atom stereocenters. The summed E-state index contributed by atoms with van der Waals surface area (Å²) in [6, 6.07) is 0. The first-order valence-corrected chi connectivity index (χ1v) is 8.86. The highest BCUT2D eigenvalue weighted by Gasteiger charge is 2.47. The number of rotatable bonds is 10. The highest BCUT2D eigenvalue weighted by atomic mass is 16.7.